The summed E-state index contributed by atoms with van der Waals surface area (Å²) >= 11 is 0. The molecule has 122 valence electrons. The average molecular weight is 314 g/mol. The Morgan fingerprint density at radius 3 is 1.33 bits per heavy atom. The summed E-state index contributed by atoms with van der Waals surface area (Å²) in [6.07, 6.45) is 4.84. The van der Waals surface area contributed by atoms with Crippen molar-refractivity contribution < 1.29 is 0 Å². The van der Waals surface area contributed by atoms with Gasteiger partial charge in [0.05, 0.1) is 0 Å². The molecular formula is C24H26. The zero-order valence-corrected chi connectivity index (χ0v) is 15.6. The van der Waals surface area contributed by atoms with Gasteiger partial charge in [-0.1, -0.05) is 87.4 Å². The van der Waals surface area contributed by atoms with Gasteiger partial charge >= 0.3 is 0 Å². The molecule has 0 saturated carbocycles. The summed E-state index contributed by atoms with van der Waals surface area (Å²) in [7, 11) is 0. The molecule has 0 spiro atoms. The van der Waals surface area contributed by atoms with Crippen LogP contribution in [0.2, 0.25) is 0 Å². The number of aryl methyl sites for hydroxylation is 2. The van der Waals surface area contributed by atoms with Crippen molar-refractivity contribution in [3.05, 3.63) is 80.9 Å². The zero-order valence-electron chi connectivity index (χ0n) is 15.6. The van der Waals surface area contributed by atoms with E-state index in [-0.39, 0.29) is 10.8 Å². The number of allylic oxidation sites excluding steroid dienone is 2. The molecule has 0 aliphatic heterocycles. The number of hydrogen-bond acceptors (Lipinski definition) is 0. The Labute approximate surface area is 145 Å². The van der Waals surface area contributed by atoms with Crippen LogP contribution in [0.1, 0.15) is 61.1 Å². The Hall–Kier alpha value is -2.08. The highest BCUT2D eigenvalue weighted by atomic mass is 14.5. The van der Waals surface area contributed by atoms with E-state index < -0.39 is 0 Å². The molecule has 4 rings (SSSR count). The van der Waals surface area contributed by atoms with Crippen molar-refractivity contribution in [1.82, 2.24) is 0 Å². The smallest absolute Gasteiger partial charge is 0.0155 e. The van der Waals surface area contributed by atoms with Crippen LogP contribution in [-0.2, 0) is 10.8 Å². The summed E-state index contributed by atoms with van der Waals surface area (Å²) in [5.74, 6) is 0. The lowest BCUT2D eigenvalue weighted by Crippen LogP contribution is -2.26. The first kappa shape index (κ1) is 15.4. The van der Waals surface area contributed by atoms with Crippen molar-refractivity contribution in [1.29, 1.82) is 0 Å². The Morgan fingerprint density at radius 2 is 0.958 bits per heavy atom. The minimum absolute atomic E-state index is 0.0571. The second-order valence-corrected chi connectivity index (χ2v) is 8.55. The Morgan fingerprint density at radius 1 is 0.583 bits per heavy atom. The van der Waals surface area contributed by atoms with Crippen molar-refractivity contribution >= 4 is 12.2 Å². The average Bonchev–Trinajstić information content (AvgIpc) is 2.91. The van der Waals surface area contributed by atoms with Crippen molar-refractivity contribution in [2.75, 3.05) is 0 Å². The monoisotopic (exact) mass is 314 g/mol. The van der Waals surface area contributed by atoms with Gasteiger partial charge in [0.25, 0.3) is 0 Å². The third kappa shape index (κ3) is 1.99. The van der Waals surface area contributed by atoms with Gasteiger partial charge in [0.15, 0.2) is 0 Å². The van der Waals surface area contributed by atoms with Crippen molar-refractivity contribution in [2.45, 2.75) is 52.4 Å². The molecule has 0 saturated heterocycles. The molecule has 0 N–H and O–H groups in total. The van der Waals surface area contributed by atoms with E-state index in [1.807, 2.05) is 0 Å². The molecule has 0 radical (unpaired) electrons. The quantitative estimate of drug-likeness (QED) is 0.575. The SMILES string of the molecule is Cc1ccc2c(c1)C(C)(C)C(C1=Cc3ccc(C)cc3C1(C)C)=C2. The third-order valence-corrected chi connectivity index (χ3v) is 6.00. The number of hydrogen-bond donors (Lipinski definition) is 0. The summed E-state index contributed by atoms with van der Waals surface area (Å²) in [6, 6.07) is 13.7. The van der Waals surface area contributed by atoms with Gasteiger partial charge < -0.3 is 0 Å². The Balaban J connectivity index is 1.87. The lowest BCUT2D eigenvalue weighted by molar-refractivity contribution is 0.583. The maximum atomic E-state index is 2.42. The molecule has 0 nitrogen and oxygen atoms in total. The first-order chi connectivity index (χ1) is 11.2. The van der Waals surface area contributed by atoms with E-state index in [0.29, 0.717) is 0 Å². The van der Waals surface area contributed by atoms with Crippen LogP contribution in [0, 0.1) is 13.8 Å². The van der Waals surface area contributed by atoms with Crippen LogP contribution in [0.4, 0.5) is 0 Å². The molecular weight excluding hydrogens is 288 g/mol. The number of rotatable bonds is 1. The minimum atomic E-state index is 0.0571. The van der Waals surface area contributed by atoms with Crippen LogP contribution in [0.5, 0.6) is 0 Å². The molecule has 2 aliphatic rings. The summed E-state index contributed by atoms with van der Waals surface area (Å²) in [4.78, 5) is 0. The fourth-order valence-corrected chi connectivity index (χ4v) is 4.47. The summed E-state index contributed by atoms with van der Waals surface area (Å²) < 4.78 is 0. The molecule has 0 bridgehead atoms. The van der Waals surface area contributed by atoms with Gasteiger partial charge in [-0.3, -0.25) is 0 Å². The van der Waals surface area contributed by atoms with Crippen LogP contribution in [0.25, 0.3) is 12.2 Å². The van der Waals surface area contributed by atoms with E-state index in [1.54, 1.807) is 0 Å². The van der Waals surface area contributed by atoms with Crippen molar-refractivity contribution in [3.8, 4) is 0 Å². The maximum Gasteiger partial charge on any atom is 0.0155 e. The topological polar surface area (TPSA) is 0 Å². The van der Waals surface area contributed by atoms with Crippen LogP contribution in [-0.4, -0.2) is 0 Å². The molecule has 2 aliphatic carbocycles. The summed E-state index contributed by atoms with van der Waals surface area (Å²) in [5.41, 5.74) is 11.4. The van der Waals surface area contributed by atoms with Gasteiger partial charge in [-0.25, -0.2) is 0 Å². The van der Waals surface area contributed by atoms with E-state index in [2.05, 4.69) is 90.1 Å². The minimum Gasteiger partial charge on any atom is -0.0587 e. The molecule has 0 atom stereocenters. The molecule has 24 heavy (non-hydrogen) atoms. The molecule has 0 heterocycles. The fraction of sp³-hybridized carbons (Fsp3) is 0.333. The van der Waals surface area contributed by atoms with Gasteiger partial charge in [-0.05, 0) is 47.2 Å². The van der Waals surface area contributed by atoms with E-state index in [4.69, 9.17) is 0 Å². The summed E-state index contributed by atoms with van der Waals surface area (Å²) in [6.45, 7) is 13.9. The van der Waals surface area contributed by atoms with Crippen LogP contribution in [0.15, 0.2) is 47.5 Å². The molecule has 0 amide bonds. The lowest BCUT2D eigenvalue weighted by Gasteiger charge is -2.33. The van der Waals surface area contributed by atoms with Crippen molar-refractivity contribution in [3.63, 3.8) is 0 Å². The van der Waals surface area contributed by atoms with Gasteiger partial charge in [0.1, 0.15) is 0 Å². The highest BCUT2D eigenvalue weighted by molar-refractivity contribution is 5.83. The number of benzene rings is 2. The highest BCUT2D eigenvalue weighted by Gasteiger charge is 2.42. The predicted octanol–water partition coefficient (Wildman–Crippen LogP) is 6.35. The van der Waals surface area contributed by atoms with Gasteiger partial charge in [-0.2, -0.15) is 0 Å². The summed E-state index contributed by atoms with van der Waals surface area (Å²) in [5, 5.41) is 0. The highest BCUT2D eigenvalue weighted by Crippen LogP contribution is 2.53. The second kappa shape index (κ2) is 4.72. The van der Waals surface area contributed by atoms with Gasteiger partial charge in [-0.15, -0.1) is 0 Å². The third-order valence-electron chi connectivity index (χ3n) is 6.00. The molecule has 0 heteroatoms. The van der Waals surface area contributed by atoms with Gasteiger partial charge in [0.2, 0.25) is 0 Å². The van der Waals surface area contributed by atoms with Crippen molar-refractivity contribution in [2.24, 2.45) is 0 Å². The zero-order chi connectivity index (χ0) is 17.3. The molecule has 0 unspecified atom stereocenters. The molecule has 2 aromatic carbocycles. The Bertz CT molecular complexity index is 840. The van der Waals surface area contributed by atoms with Crippen LogP contribution >= 0.6 is 0 Å². The maximum absolute atomic E-state index is 2.42. The molecule has 0 fully saturated rings. The van der Waals surface area contributed by atoms with E-state index in [1.165, 1.54) is 44.5 Å². The standard InChI is InChI=1S/C24H26/c1-15-7-9-17-13-21(23(3,4)19(17)11-15)22-14-18-10-8-16(2)12-20(18)24(22,5)6/h7-14H,1-6H3. The van der Waals surface area contributed by atoms with E-state index in [0.717, 1.165) is 0 Å². The van der Waals surface area contributed by atoms with Gasteiger partial charge in [0, 0.05) is 10.8 Å². The predicted molar refractivity (Wildman–Crippen MR) is 104 cm³/mol. The lowest BCUT2D eigenvalue weighted by atomic mass is 9.70. The first-order valence-electron chi connectivity index (χ1n) is 8.88. The van der Waals surface area contributed by atoms with Crippen LogP contribution < -0.4 is 0 Å². The fourth-order valence-electron chi connectivity index (χ4n) is 4.47. The number of fused-ring (bicyclic) bond motifs is 2. The van der Waals surface area contributed by atoms with Crippen LogP contribution in [0.3, 0.4) is 0 Å². The largest absolute Gasteiger partial charge is 0.0587 e. The molecule has 2 aromatic rings. The first-order valence-corrected chi connectivity index (χ1v) is 8.88. The van der Waals surface area contributed by atoms with E-state index in [9.17, 15) is 0 Å². The normalized spacial score (nSPS) is 19.6. The Kier molecular flexibility index (Phi) is 3.04. The molecule has 0 aromatic heterocycles. The second-order valence-electron chi connectivity index (χ2n) is 8.55. The van der Waals surface area contributed by atoms with E-state index >= 15 is 0 Å².